The highest BCUT2D eigenvalue weighted by Gasteiger charge is 2.16. The van der Waals surface area contributed by atoms with Crippen LogP contribution in [0.25, 0.3) is 100 Å². The summed E-state index contributed by atoms with van der Waals surface area (Å²) in [6.45, 7) is 0. The predicted octanol–water partition coefficient (Wildman–Crippen LogP) is 11.5. The van der Waals surface area contributed by atoms with Crippen molar-refractivity contribution in [3.05, 3.63) is 183 Å². The fraction of sp³-hybridized carbons (Fsp3) is 0. The van der Waals surface area contributed by atoms with Gasteiger partial charge in [-0.15, -0.1) is 0 Å². The first kappa shape index (κ1) is 31.3. The second-order valence-corrected chi connectivity index (χ2v) is 13.2. The molecule has 6 heteroatoms. The molecular formula is C48H30N6. The lowest BCUT2D eigenvalue weighted by Gasteiger charge is -2.12. The third-order valence-corrected chi connectivity index (χ3v) is 9.91. The molecule has 54 heavy (non-hydrogen) atoms. The fourth-order valence-corrected chi connectivity index (χ4v) is 7.28. The smallest absolute Gasteiger partial charge is 0.165 e. The zero-order chi connectivity index (χ0) is 35.8. The van der Waals surface area contributed by atoms with Gasteiger partial charge in [0.05, 0.1) is 11.0 Å². The van der Waals surface area contributed by atoms with Crippen molar-refractivity contribution in [3.8, 4) is 67.5 Å². The van der Waals surface area contributed by atoms with E-state index in [2.05, 4.69) is 131 Å². The van der Waals surface area contributed by atoms with Gasteiger partial charge < -0.3 is 0 Å². The van der Waals surface area contributed by atoms with Crippen molar-refractivity contribution < 1.29 is 0 Å². The fourth-order valence-electron chi connectivity index (χ4n) is 7.28. The van der Waals surface area contributed by atoms with Gasteiger partial charge in [-0.05, 0) is 75.0 Å². The maximum atomic E-state index is 5.11. The number of pyridine rings is 3. The Morgan fingerprint density at radius 1 is 0.315 bits per heavy atom. The van der Waals surface area contributed by atoms with Crippen molar-refractivity contribution in [3.63, 3.8) is 0 Å². The van der Waals surface area contributed by atoms with Crippen LogP contribution in [0.2, 0.25) is 0 Å². The van der Waals surface area contributed by atoms with Crippen LogP contribution in [0.4, 0.5) is 0 Å². The molecule has 0 aliphatic rings. The number of hydrogen-bond donors (Lipinski definition) is 0. The Hall–Kier alpha value is -7.44. The third kappa shape index (κ3) is 5.72. The Morgan fingerprint density at radius 2 is 0.852 bits per heavy atom. The molecule has 0 unspecified atom stereocenters. The topological polar surface area (TPSA) is 77.3 Å². The molecule has 0 spiro atoms. The number of nitrogens with zero attached hydrogens (tertiary/aromatic N) is 6. The number of hydrogen-bond acceptors (Lipinski definition) is 6. The average Bonchev–Trinajstić information content (AvgIpc) is 3.26. The van der Waals surface area contributed by atoms with Crippen LogP contribution < -0.4 is 0 Å². The normalized spacial score (nSPS) is 11.3. The van der Waals surface area contributed by atoms with Gasteiger partial charge in [-0.2, -0.15) is 0 Å². The lowest BCUT2D eigenvalue weighted by molar-refractivity contribution is 1.07. The summed E-state index contributed by atoms with van der Waals surface area (Å²) < 4.78 is 0. The highest BCUT2D eigenvalue weighted by molar-refractivity contribution is 5.98. The first-order valence-corrected chi connectivity index (χ1v) is 17.8. The van der Waals surface area contributed by atoms with E-state index in [0.717, 1.165) is 71.9 Å². The number of para-hydroxylation sites is 1. The number of rotatable bonds is 6. The van der Waals surface area contributed by atoms with Crippen LogP contribution in [0.15, 0.2) is 183 Å². The van der Waals surface area contributed by atoms with Crippen molar-refractivity contribution >= 4 is 32.6 Å². The predicted molar refractivity (Wildman–Crippen MR) is 218 cm³/mol. The van der Waals surface area contributed by atoms with Crippen LogP contribution in [0.5, 0.6) is 0 Å². The van der Waals surface area contributed by atoms with Crippen LogP contribution in [0.1, 0.15) is 0 Å². The summed E-state index contributed by atoms with van der Waals surface area (Å²) in [6.07, 6.45) is 7.41. The molecule has 0 atom stereocenters. The molecule has 6 aromatic carbocycles. The van der Waals surface area contributed by atoms with E-state index >= 15 is 0 Å². The third-order valence-electron chi connectivity index (χ3n) is 9.91. The van der Waals surface area contributed by atoms with Gasteiger partial charge in [-0.1, -0.05) is 121 Å². The van der Waals surface area contributed by atoms with Crippen molar-refractivity contribution in [1.29, 1.82) is 0 Å². The lowest BCUT2D eigenvalue weighted by Crippen LogP contribution is -2.01. The van der Waals surface area contributed by atoms with Crippen molar-refractivity contribution in [1.82, 2.24) is 29.9 Å². The molecule has 0 saturated heterocycles. The molecule has 0 N–H and O–H groups in total. The molecule has 0 aliphatic carbocycles. The lowest BCUT2D eigenvalue weighted by atomic mass is 9.98. The highest BCUT2D eigenvalue weighted by atomic mass is 15.0. The molecule has 0 bridgehead atoms. The minimum absolute atomic E-state index is 0.550. The summed E-state index contributed by atoms with van der Waals surface area (Å²) in [5.74, 6) is 1.71. The van der Waals surface area contributed by atoms with E-state index in [1.807, 2.05) is 61.2 Å². The first-order chi connectivity index (χ1) is 26.7. The highest BCUT2D eigenvalue weighted by Crippen LogP contribution is 2.34. The summed E-state index contributed by atoms with van der Waals surface area (Å²) in [7, 11) is 0. The molecule has 10 aromatic rings. The van der Waals surface area contributed by atoms with Gasteiger partial charge in [0.15, 0.2) is 17.5 Å². The van der Waals surface area contributed by atoms with Gasteiger partial charge in [0, 0.05) is 57.8 Å². The van der Waals surface area contributed by atoms with Crippen LogP contribution in [0.3, 0.4) is 0 Å². The van der Waals surface area contributed by atoms with E-state index in [4.69, 9.17) is 19.9 Å². The van der Waals surface area contributed by atoms with Crippen molar-refractivity contribution in [2.24, 2.45) is 0 Å². The zero-order valence-corrected chi connectivity index (χ0v) is 29.0. The Bertz CT molecular complexity index is 2850. The Balaban J connectivity index is 1.11. The largest absolute Gasteiger partial charge is 0.263 e. The maximum absolute atomic E-state index is 5.11. The minimum atomic E-state index is 0.550. The van der Waals surface area contributed by atoms with E-state index in [-0.39, 0.29) is 0 Å². The van der Waals surface area contributed by atoms with E-state index in [1.165, 1.54) is 10.8 Å². The summed E-state index contributed by atoms with van der Waals surface area (Å²) in [6, 6.07) is 54.2. The standard InChI is InChI=1S/C48H30N6/c1-2-13-38-31(9-1)10-6-15-40(38)36-28-37(30-49-29-36)48-53-46(33-22-20-32(21-23-33)39-16-7-19-45-43(39)17-8-25-50-45)52-47(54-48)35-12-5-11-34(27-35)41-24-26-51-44-18-4-3-14-42(41)44/h1-30H. The molecule has 6 nitrogen and oxygen atoms in total. The number of aromatic nitrogens is 6. The molecule has 10 rings (SSSR count). The molecule has 0 aliphatic heterocycles. The van der Waals surface area contributed by atoms with Gasteiger partial charge in [-0.25, -0.2) is 15.0 Å². The summed E-state index contributed by atoms with van der Waals surface area (Å²) in [5, 5.41) is 4.54. The molecule has 0 fully saturated rings. The summed E-state index contributed by atoms with van der Waals surface area (Å²) >= 11 is 0. The maximum Gasteiger partial charge on any atom is 0.165 e. The molecule has 4 aromatic heterocycles. The molecule has 4 heterocycles. The van der Waals surface area contributed by atoms with Crippen molar-refractivity contribution in [2.45, 2.75) is 0 Å². The molecule has 252 valence electrons. The van der Waals surface area contributed by atoms with E-state index in [9.17, 15) is 0 Å². The van der Waals surface area contributed by atoms with E-state index < -0.39 is 0 Å². The molecule has 0 radical (unpaired) electrons. The van der Waals surface area contributed by atoms with Crippen LogP contribution in [0, 0.1) is 0 Å². The molecular weight excluding hydrogens is 661 g/mol. The van der Waals surface area contributed by atoms with Crippen LogP contribution >= 0.6 is 0 Å². The number of fused-ring (bicyclic) bond motifs is 3. The van der Waals surface area contributed by atoms with E-state index in [1.54, 1.807) is 0 Å². The Morgan fingerprint density at radius 3 is 1.70 bits per heavy atom. The van der Waals surface area contributed by atoms with Gasteiger partial charge in [0.25, 0.3) is 0 Å². The summed E-state index contributed by atoms with van der Waals surface area (Å²) in [5.41, 5.74) is 11.0. The van der Waals surface area contributed by atoms with Crippen molar-refractivity contribution in [2.75, 3.05) is 0 Å². The van der Waals surface area contributed by atoms with Crippen LogP contribution in [-0.2, 0) is 0 Å². The zero-order valence-electron chi connectivity index (χ0n) is 29.0. The minimum Gasteiger partial charge on any atom is -0.263 e. The van der Waals surface area contributed by atoms with E-state index in [0.29, 0.717) is 17.5 Å². The van der Waals surface area contributed by atoms with Crippen LogP contribution in [-0.4, -0.2) is 29.9 Å². The summed E-state index contributed by atoms with van der Waals surface area (Å²) in [4.78, 5) is 29.1. The quantitative estimate of drug-likeness (QED) is 0.173. The second kappa shape index (κ2) is 13.3. The Kier molecular flexibility index (Phi) is 7.69. The van der Waals surface area contributed by atoms with Gasteiger partial charge >= 0.3 is 0 Å². The van der Waals surface area contributed by atoms with Gasteiger partial charge in [0.1, 0.15) is 0 Å². The molecule has 0 saturated carbocycles. The van der Waals surface area contributed by atoms with Gasteiger partial charge in [0.2, 0.25) is 0 Å². The average molecular weight is 691 g/mol. The second-order valence-electron chi connectivity index (χ2n) is 13.2. The SMILES string of the molecule is c1cc(-c2nc(-c3ccc(-c4cccc5ncccc45)cc3)nc(-c3cncc(-c4cccc5ccccc45)c3)n2)cc(-c2ccnc3ccccc23)c1. The molecule has 0 amide bonds. The Labute approximate surface area is 311 Å². The first-order valence-electron chi connectivity index (χ1n) is 17.8. The number of benzene rings is 6. The van der Waals surface area contributed by atoms with Gasteiger partial charge in [-0.3, -0.25) is 15.0 Å². The monoisotopic (exact) mass is 690 g/mol.